The molecule has 0 saturated carbocycles. The van der Waals surface area contributed by atoms with Crippen LogP contribution in [0, 0.1) is 0 Å². The summed E-state index contributed by atoms with van der Waals surface area (Å²) in [6.45, 7) is 4.64. The molecule has 3 aromatic carbocycles. The molecule has 0 radical (unpaired) electrons. The molecule has 4 rings (SSSR count). The molecule has 0 saturated heterocycles. The number of nitrogens with two attached hydrogens (primary N) is 1. The highest BCUT2D eigenvalue weighted by molar-refractivity contribution is 5.86. The zero-order chi connectivity index (χ0) is 22.5. The minimum Gasteiger partial charge on any atom is -0.486 e. The van der Waals surface area contributed by atoms with Crippen molar-refractivity contribution < 1.29 is 18.7 Å². The summed E-state index contributed by atoms with van der Waals surface area (Å²) in [5, 5.41) is 0.996. The molecule has 0 spiro atoms. The molecule has 32 heavy (non-hydrogen) atoms. The molecule has 1 heterocycles. The third kappa shape index (κ3) is 4.68. The van der Waals surface area contributed by atoms with E-state index in [1.807, 2.05) is 55.5 Å². The first-order valence-electron chi connectivity index (χ1n) is 10.8. The molecule has 1 atom stereocenters. The molecule has 0 aliphatic heterocycles. The second-order valence-electron chi connectivity index (χ2n) is 7.66. The average molecular weight is 430 g/mol. The van der Waals surface area contributed by atoms with Crippen LogP contribution in [0.3, 0.4) is 0 Å². The molecule has 0 bridgehead atoms. The van der Waals surface area contributed by atoms with Gasteiger partial charge in [0.15, 0.2) is 0 Å². The van der Waals surface area contributed by atoms with Gasteiger partial charge in [0.25, 0.3) is 0 Å². The van der Waals surface area contributed by atoms with Gasteiger partial charge in [0.1, 0.15) is 17.4 Å². The maximum Gasteiger partial charge on any atom is 0.310 e. The lowest BCUT2D eigenvalue weighted by Gasteiger charge is -2.17. The molecule has 0 aliphatic carbocycles. The van der Waals surface area contributed by atoms with Crippen LogP contribution in [0.1, 0.15) is 36.6 Å². The van der Waals surface area contributed by atoms with Crippen LogP contribution in [0.15, 0.2) is 77.4 Å². The summed E-state index contributed by atoms with van der Waals surface area (Å²) in [7, 11) is 0. The van der Waals surface area contributed by atoms with Gasteiger partial charge < -0.3 is 19.6 Å². The van der Waals surface area contributed by atoms with Crippen molar-refractivity contribution in [2.75, 3.05) is 6.61 Å². The number of esters is 1. The fraction of sp³-hybridized carbons (Fsp3) is 0.222. The molecule has 5 nitrogen and oxygen atoms in total. The fourth-order valence-electron chi connectivity index (χ4n) is 3.81. The largest absolute Gasteiger partial charge is 0.486 e. The molecular weight excluding hydrogens is 402 g/mol. The van der Waals surface area contributed by atoms with E-state index in [4.69, 9.17) is 19.6 Å². The SMILES string of the molecule is CCOC(=O)Cc1ccccc1OC(C)c1coc2ccc(-c3cccc(CN)c3)cc12. The Bertz CT molecular complexity index is 1230. The summed E-state index contributed by atoms with van der Waals surface area (Å²) in [5.41, 5.74) is 11.6. The van der Waals surface area contributed by atoms with Gasteiger partial charge in [0, 0.05) is 23.1 Å². The van der Waals surface area contributed by atoms with Gasteiger partial charge in [0.05, 0.1) is 19.3 Å². The Morgan fingerprint density at radius 1 is 1.03 bits per heavy atom. The Morgan fingerprint density at radius 2 is 1.84 bits per heavy atom. The van der Waals surface area contributed by atoms with Crippen LogP contribution in [0.5, 0.6) is 5.75 Å². The van der Waals surface area contributed by atoms with Crippen LogP contribution >= 0.6 is 0 Å². The summed E-state index contributed by atoms with van der Waals surface area (Å²) < 4.78 is 17.2. The first kappa shape index (κ1) is 21.7. The van der Waals surface area contributed by atoms with E-state index in [1.54, 1.807) is 13.2 Å². The molecule has 1 unspecified atom stereocenters. The van der Waals surface area contributed by atoms with Crippen molar-refractivity contribution in [3.8, 4) is 16.9 Å². The van der Waals surface area contributed by atoms with Crippen molar-refractivity contribution in [1.82, 2.24) is 0 Å². The predicted molar refractivity (Wildman–Crippen MR) is 125 cm³/mol. The van der Waals surface area contributed by atoms with Crippen molar-refractivity contribution in [2.24, 2.45) is 5.73 Å². The first-order chi connectivity index (χ1) is 15.6. The lowest BCUT2D eigenvalue weighted by Crippen LogP contribution is -2.10. The van der Waals surface area contributed by atoms with E-state index in [1.165, 1.54) is 0 Å². The lowest BCUT2D eigenvalue weighted by molar-refractivity contribution is -0.142. The van der Waals surface area contributed by atoms with Gasteiger partial charge in [-0.15, -0.1) is 0 Å². The van der Waals surface area contributed by atoms with Crippen LogP contribution in [-0.4, -0.2) is 12.6 Å². The highest BCUT2D eigenvalue weighted by atomic mass is 16.5. The highest BCUT2D eigenvalue weighted by Gasteiger charge is 2.18. The summed E-state index contributed by atoms with van der Waals surface area (Å²) in [6, 6.07) is 21.9. The van der Waals surface area contributed by atoms with Gasteiger partial charge in [0.2, 0.25) is 0 Å². The van der Waals surface area contributed by atoms with Crippen molar-refractivity contribution in [1.29, 1.82) is 0 Å². The number of fused-ring (bicyclic) bond motifs is 1. The molecule has 0 aliphatic rings. The topological polar surface area (TPSA) is 74.7 Å². The predicted octanol–water partition coefficient (Wildman–Crippen LogP) is 5.80. The molecule has 5 heteroatoms. The van der Waals surface area contributed by atoms with E-state index in [0.29, 0.717) is 18.9 Å². The van der Waals surface area contributed by atoms with Crippen molar-refractivity contribution in [3.05, 3.63) is 89.7 Å². The van der Waals surface area contributed by atoms with Gasteiger partial charge in [-0.05, 0) is 54.8 Å². The molecule has 2 N–H and O–H groups in total. The Morgan fingerprint density at radius 3 is 2.66 bits per heavy atom. The molecule has 1 aromatic heterocycles. The number of benzene rings is 3. The Kier molecular flexibility index (Phi) is 6.57. The van der Waals surface area contributed by atoms with E-state index in [2.05, 4.69) is 18.2 Å². The molecular formula is C27H27NO4. The summed E-state index contributed by atoms with van der Waals surface area (Å²) in [6.07, 6.45) is 1.64. The summed E-state index contributed by atoms with van der Waals surface area (Å²) in [4.78, 5) is 12.0. The van der Waals surface area contributed by atoms with E-state index in [-0.39, 0.29) is 18.5 Å². The third-order valence-electron chi connectivity index (χ3n) is 5.45. The number of para-hydroxylation sites is 1. The number of rotatable bonds is 8. The maximum absolute atomic E-state index is 12.0. The van der Waals surface area contributed by atoms with Crippen LogP contribution in [0.25, 0.3) is 22.1 Å². The van der Waals surface area contributed by atoms with Crippen LogP contribution in [0.2, 0.25) is 0 Å². The first-order valence-corrected chi connectivity index (χ1v) is 10.8. The smallest absolute Gasteiger partial charge is 0.310 e. The molecule has 164 valence electrons. The van der Waals surface area contributed by atoms with Crippen LogP contribution in [0.4, 0.5) is 0 Å². The average Bonchev–Trinajstić information content (AvgIpc) is 3.24. The second-order valence-corrected chi connectivity index (χ2v) is 7.66. The van der Waals surface area contributed by atoms with Crippen molar-refractivity contribution >= 4 is 16.9 Å². The normalized spacial score (nSPS) is 12.0. The van der Waals surface area contributed by atoms with Gasteiger partial charge in [-0.1, -0.05) is 42.5 Å². The number of hydrogen-bond donors (Lipinski definition) is 1. The van der Waals surface area contributed by atoms with Crippen LogP contribution in [-0.2, 0) is 22.5 Å². The zero-order valence-corrected chi connectivity index (χ0v) is 18.3. The highest BCUT2D eigenvalue weighted by Crippen LogP contribution is 2.34. The monoisotopic (exact) mass is 429 g/mol. The Hall–Kier alpha value is -3.57. The standard InChI is InChI=1S/C27H27NO4/c1-3-30-27(29)15-22-8-4-5-10-25(22)32-18(2)24-17-31-26-12-11-21(14-23(24)26)20-9-6-7-19(13-20)16-28/h4-14,17-18H,3,15-16,28H2,1-2H3. The number of furan rings is 1. The quantitative estimate of drug-likeness (QED) is 0.358. The zero-order valence-electron chi connectivity index (χ0n) is 18.3. The van der Waals surface area contributed by atoms with Gasteiger partial charge in [-0.2, -0.15) is 0 Å². The second kappa shape index (κ2) is 9.71. The Balaban J connectivity index is 1.62. The number of carbonyl (C=O) groups excluding carboxylic acids is 1. The minimum absolute atomic E-state index is 0.171. The summed E-state index contributed by atoms with van der Waals surface area (Å²) in [5.74, 6) is 0.392. The third-order valence-corrected chi connectivity index (χ3v) is 5.45. The number of ether oxygens (including phenoxy) is 2. The minimum atomic E-state index is -0.273. The van der Waals surface area contributed by atoms with Gasteiger partial charge in [-0.25, -0.2) is 0 Å². The van der Waals surface area contributed by atoms with E-state index in [0.717, 1.165) is 38.8 Å². The van der Waals surface area contributed by atoms with Crippen molar-refractivity contribution in [2.45, 2.75) is 32.9 Å². The van der Waals surface area contributed by atoms with E-state index < -0.39 is 0 Å². The number of carbonyl (C=O) groups is 1. The van der Waals surface area contributed by atoms with Gasteiger partial charge >= 0.3 is 5.97 Å². The maximum atomic E-state index is 12.0. The number of hydrogen-bond acceptors (Lipinski definition) is 5. The summed E-state index contributed by atoms with van der Waals surface area (Å²) >= 11 is 0. The molecule has 0 fully saturated rings. The van der Waals surface area contributed by atoms with Gasteiger partial charge in [-0.3, -0.25) is 4.79 Å². The van der Waals surface area contributed by atoms with Crippen molar-refractivity contribution in [3.63, 3.8) is 0 Å². The van der Waals surface area contributed by atoms with E-state index in [9.17, 15) is 4.79 Å². The van der Waals surface area contributed by atoms with E-state index >= 15 is 0 Å². The Labute approximate surface area is 187 Å². The molecule has 4 aromatic rings. The lowest BCUT2D eigenvalue weighted by atomic mass is 10.00. The van der Waals surface area contributed by atoms with Crippen LogP contribution < -0.4 is 10.5 Å². The molecule has 0 amide bonds. The fourth-order valence-corrected chi connectivity index (χ4v) is 3.81.